The Kier molecular flexibility index (Phi) is 4.44. The molecule has 18 heavy (non-hydrogen) atoms. The zero-order valence-corrected chi connectivity index (χ0v) is 12.2. The van der Waals surface area contributed by atoms with Gasteiger partial charge >= 0.3 is 5.97 Å². The molecule has 5 nitrogen and oxygen atoms in total. The van der Waals surface area contributed by atoms with Crippen LogP contribution in [0.2, 0.25) is 5.02 Å². The summed E-state index contributed by atoms with van der Waals surface area (Å²) in [4.78, 5) is 15.0. The van der Waals surface area contributed by atoms with Crippen LogP contribution in [0.25, 0.3) is 0 Å². The molecule has 2 aromatic heterocycles. The highest BCUT2D eigenvalue weighted by Gasteiger charge is 2.12. The molecule has 0 aliphatic rings. The third-order valence-corrected chi connectivity index (χ3v) is 5.00. The predicted molar refractivity (Wildman–Crippen MR) is 72.0 cm³/mol. The van der Waals surface area contributed by atoms with Crippen molar-refractivity contribution in [2.24, 2.45) is 0 Å². The fraction of sp³-hybridized carbons (Fsp3) is 0.111. The lowest BCUT2D eigenvalue weighted by atomic mass is 10.3. The molecule has 1 N–H and O–H groups in total. The number of carboxylic acids is 1. The predicted octanol–water partition coefficient (Wildman–Crippen LogP) is 3.16. The lowest BCUT2D eigenvalue weighted by molar-refractivity contribution is 0.0696. The minimum atomic E-state index is -1.08. The van der Waals surface area contributed by atoms with Crippen LogP contribution >= 0.6 is 46.5 Å². The first-order valence-corrected chi connectivity index (χ1v) is 7.78. The highest BCUT2D eigenvalue weighted by molar-refractivity contribution is 8.02. The van der Waals surface area contributed by atoms with Crippen LogP contribution in [0.3, 0.4) is 0 Å². The molecule has 0 spiro atoms. The lowest BCUT2D eigenvalue weighted by Gasteiger charge is -2.00. The van der Waals surface area contributed by atoms with Crippen molar-refractivity contribution < 1.29 is 9.90 Å². The van der Waals surface area contributed by atoms with Gasteiger partial charge in [0.05, 0.1) is 10.6 Å². The van der Waals surface area contributed by atoms with E-state index in [4.69, 9.17) is 16.7 Å². The smallest absolute Gasteiger partial charge is 0.337 e. The SMILES string of the molecule is CSc1nnc(Sc2cc(C(=O)O)c(Cl)cn2)s1. The van der Waals surface area contributed by atoms with Crippen LogP contribution in [0.5, 0.6) is 0 Å². The Morgan fingerprint density at radius 2 is 2.17 bits per heavy atom. The molecule has 2 rings (SSSR count). The van der Waals surface area contributed by atoms with Crippen molar-refractivity contribution in [3.63, 3.8) is 0 Å². The summed E-state index contributed by atoms with van der Waals surface area (Å²) in [6.45, 7) is 0. The van der Waals surface area contributed by atoms with Gasteiger partial charge in [0, 0.05) is 6.20 Å². The number of pyridine rings is 1. The second-order valence-corrected chi connectivity index (χ2v) is 6.65. The molecule has 0 unspecified atom stereocenters. The third kappa shape index (κ3) is 3.14. The average molecular weight is 320 g/mol. The Bertz CT molecular complexity index is 590. The van der Waals surface area contributed by atoms with Gasteiger partial charge in [0.25, 0.3) is 0 Å². The van der Waals surface area contributed by atoms with Gasteiger partial charge < -0.3 is 5.11 Å². The van der Waals surface area contributed by atoms with Gasteiger partial charge in [0.2, 0.25) is 0 Å². The van der Waals surface area contributed by atoms with Crippen LogP contribution in [0.1, 0.15) is 10.4 Å². The van der Waals surface area contributed by atoms with Crippen LogP contribution in [0, 0.1) is 0 Å². The zero-order valence-electron chi connectivity index (χ0n) is 8.95. The van der Waals surface area contributed by atoms with Crippen molar-refractivity contribution in [2.45, 2.75) is 13.7 Å². The normalized spacial score (nSPS) is 10.6. The number of halogens is 1. The van der Waals surface area contributed by atoms with E-state index in [0.717, 1.165) is 4.34 Å². The fourth-order valence-corrected chi connectivity index (χ4v) is 3.60. The maximum Gasteiger partial charge on any atom is 0.337 e. The first kappa shape index (κ1) is 13.6. The van der Waals surface area contributed by atoms with E-state index >= 15 is 0 Å². The number of carboxylic acid groups (broad SMARTS) is 1. The van der Waals surface area contributed by atoms with Crippen molar-refractivity contribution in [2.75, 3.05) is 6.26 Å². The highest BCUT2D eigenvalue weighted by atomic mass is 35.5. The second-order valence-electron chi connectivity index (χ2n) is 2.95. The molecule has 0 bridgehead atoms. The van der Waals surface area contributed by atoms with Crippen molar-refractivity contribution in [3.05, 3.63) is 22.8 Å². The summed E-state index contributed by atoms with van der Waals surface area (Å²) < 4.78 is 1.57. The molecule has 0 amide bonds. The average Bonchev–Trinajstić information content (AvgIpc) is 2.79. The van der Waals surface area contributed by atoms with E-state index < -0.39 is 5.97 Å². The number of carbonyl (C=O) groups is 1. The molecule has 0 fully saturated rings. The molecule has 0 saturated carbocycles. The van der Waals surface area contributed by atoms with Crippen LogP contribution in [0.4, 0.5) is 0 Å². The number of nitrogens with zero attached hydrogens (tertiary/aromatic N) is 3. The second kappa shape index (κ2) is 5.87. The van der Waals surface area contributed by atoms with E-state index in [1.165, 1.54) is 47.1 Å². The summed E-state index contributed by atoms with van der Waals surface area (Å²) in [5, 5.41) is 17.5. The minimum Gasteiger partial charge on any atom is -0.478 e. The molecule has 0 atom stereocenters. The number of hydrogen-bond acceptors (Lipinski definition) is 7. The Morgan fingerprint density at radius 1 is 1.44 bits per heavy atom. The molecule has 2 aromatic rings. The van der Waals surface area contributed by atoms with E-state index in [9.17, 15) is 4.79 Å². The third-order valence-electron chi connectivity index (χ3n) is 1.82. The van der Waals surface area contributed by atoms with E-state index in [0.29, 0.717) is 9.37 Å². The molecule has 2 heterocycles. The number of hydrogen-bond donors (Lipinski definition) is 1. The summed E-state index contributed by atoms with van der Waals surface area (Å²) in [6, 6.07) is 1.43. The topological polar surface area (TPSA) is 76.0 Å². The Hall–Kier alpha value is -0.830. The van der Waals surface area contributed by atoms with Gasteiger partial charge in [0.15, 0.2) is 8.68 Å². The van der Waals surface area contributed by atoms with Gasteiger partial charge in [-0.2, -0.15) is 0 Å². The van der Waals surface area contributed by atoms with Crippen LogP contribution < -0.4 is 0 Å². The van der Waals surface area contributed by atoms with Gasteiger partial charge in [-0.1, -0.05) is 34.7 Å². The molecule has 0 aliphatic heterocycles. The summed E-state index contributed by atoms with van der Waals surface area (Å²) in [6.07, 6.45) is 3.24. The molecule has 9 heteroatoms. The minimum absolute atomic E-state index is 0.0313. The van der Waals surface area contributed by atoms with E-state index in [2.05, 4.69) is 15.2 Å². The molecular formula is C9H6ClN3O2S3. The van der Waals surface area contributed by atoms with E-state index in [1.807, 2.05) is 6.26 Å². The van der Waals surface area contributed by atoms with Crippen LogP contribution in [0.15, 0.2) is 26.0 Å². The molecule has 0 aromatic carbocycles. The van der Waals surface area contributed by atoms with Gasteiger partial charge in [-0.3, -0.25) is 0 Å². The highest BCUT2D eigenvalue weighted by Crippen LogP contribution is 2.32. The summed E-state index contributed by atoms with van der Waals surface area (Å²) >= 11 is 9.94. The van der Waals surface area contributed by atoms with Crippen LogP contribution in [-0.2, 0) is 0 Å². The summed E-state index contributed by atoms with van der Waals surface area (Å²) in [5.41, 5.74) is 0.0313. The maximum atomic E-state index is 10.9. The van der Waals surface area contributed by atoms with Crippen molar-refractivity contribution in [3.8, 4) is 0 Å². The number of rotatable bonds is 4. The van der Waals surface area contributed by atoms with E-state index in [1.54, 1.807) is 0 Å². The number of aromatic nitrogens is 3. The van der Waals surface area contributed by atoms with Crippen molar-refractivity contribution >= 4 is 52.4 Å². The molecule has 0 aliphatic carbocycles. The van der Waals surface area contributed by atoms with Gasteiger partial charge in [0.1, 0.15) is 5.03 Å². The standard InChI is InChI=1S/C9H6ClN3O2S3/c1-16-8-12-13-9(18-8)17-6-2-4(7(14)15)5(10)3-11-6/h2-3H,1H3,(H,14,15). The Labute approximate surface area is 120 Å². The first-order valence-electron chi connectivity index (χ1n) is 4.54. The number of aromatic carboxylic acids is 1. The summed E-state index contributed by atoms with van der Waals surface area (Å²) in [5.74, 6) is -1.08. The van der Waals surface area contributed by atoms with Gasteiger partial charge in [-0.15, -0.1) is 10.2 Å². The Morgan fingerprint density at radius 3 is 2.78 bits per heavy atom. The van der Waals surface area contributed by atoms with E-state index in [-0.39, 0.29) is 10.6 Å². The Balaban J connectivity index is 2.24. The monoisotopic (exact) mass is 319 g/mol. The largest absolute Gasteiger partial charge is 0.478 e. The maximum absolute atomic E-state index is 10.9. The molecule has 94 valence electrons. The van der Waals surface area contributed by atoms with Gasteiger partial charge in [-0.25, -0.2) is 9.78 Å². The zero-order chi connectivity index (χ0) is 13.1. The summed E-state index contributed by atoms with van der Waals surface area (Å²) in [7, 11) is 0. The quantitative estimate of drug-likeness (QED) is 0.867. The first-order chi connectivity index (χ1) is 8.60. The molecule has 0 saturated heterocycles. The van der Waals surface area contributed by atoms with Gasteiger partial charge in [-0.05, 0) is 24.1 Å². The van der Waals surface area contributed by atoms with Crippen molar-refractivity contribution in [1.82, 2.24) is 15.2 Å². The van der Waals surface area contributed by atoms with Crippen LogP contribution in [-0.4, -0.2) is 32.5 Å². The molecular weight excluding hydrogens is 314 g/mol. The fourth-order valence-electron chi connectivity index (χ4n) is 1.05. The number of thioether (sulfide) groups is 1. The lowest BCUT2D eigenvalue weighted by Crippen LogP contribution is -1.98. The molecule has 0 radical (unpaired) electrons. The van der Waals surface area contributed by atoms with Crippen molar-refractivity contribution in [1.29, 1.82) is 0 Å².